The van der Waals surface area contributed by atoms with Crippen molar-refractivity contribution in [2.24, 2.45) is 0 Å². The normalized spacial score (nSPS) is 15.1. The molecule has 0 spiro atoms. The first kappa shape index (κ1) is 14.7. The van der Waals surface area contributed by atoms with Crippen LogP contribution in [0.5, 0.6) is 0 Å². The van der Waals surface area contributed by atoms with E-state index in [4.69, 9.17) is 4.74 Å². The lowest BCUT2D eigenvalue weighted by Gasteiger charge is -2.29. The summed E-state index contributed by atoms with van der Waals surface area (Å²) < 4.78 is 5.28. The Morgan fingerprint density at radius 3 is 2.86 bits per heavy atom. The number of fused-ring (bicyclic) bond motifs is 1. The van der Waals surface area contributed by atoms with Crippen LogP contribution < -0.4 is 4.90 Å². The molecule has 1 aromatic carbocycles. The Balaban J connectivity index is 1.81. The number of carbonyl (C=O) groups excluding carboxylic acids is 1. The second-order valence-electron chi connectivity index (χ2n) is 5.57. The minimum atomic E-state index is 0.102. The summed E-state index contributed by atoms with van der Waals surface area (Å²) in [4.78, 5) is 24.8. The maximum absolute atomic E-state index is 12.4. The third kappa shape index (κ3) is 3.01. The third-order valence-electron chi connectivity index (χ3n) is 3.87. The summed E-state index contributed by atoms with van der Waals surface area (Å²) >= 11 is 0. The molecule has 0 aliphatic carbocycles. The first-order valence-electron chi connectivity index (χ1n) is 7.43. The fraction of sp³-hybridized carbons (Fsp3) is 0.438. The lowest BCUT2D eigenvalue weighted by molar-refractivity contribution is -0.133. The third-order valence-corrected chi connectivity index (χ3v) is 3.87. The lowest BCUT2D eigenvalue weighted by atomic mass is 10.1. The molecule has 1 fully saturated rings. The molecule has 3 rings (SSSR count). The summed E-state index contributed by atoms with van der Waals surface area (Å²) in [5, 5.41) is 0.972. The second-order valence-corrected chi connectivity index (χ2v) is 5.57. The molecule has 1 aromatic heterocycles. The van der Waals surface area contributed by atoms with E-state index in [0.29, 0.717) is 32.8 Å². The Kier molecular flexibility index (Phi) is 4.20. The topological polar surface area (TPSA) is 58.6 Å². The highest BCUT2D eigenvalue weighted by Crippen LogP contribution is 2.23. The van der Waals surface area contributed by atoms with Gasteiger partial charge in [0.25, 0.3) is 0 Å². The second kappa shape index (κ2) is 6.27. The van der Waals surface area contributed by atoms with E-state index in [2.05, 4.69) is 16.0 Å². The van der Waals surface area contributed by atoms with E-state index in [-0.39, 0.29) is 5.91 Å². The molecule has 0 radical (unpaired) electrons. The number of likely N-dealkylation sites (N-methyl/N-ethyl adjacent to an activating group) is 1. The van der Waals surface area contributed by atoms with Gasteiger partial charge in [0.2, 0.25) is 5.91 Å². The highest BCUT2D eigenvalue weighted by atomic mass is 16.5. The molecule has 6 heteroatoms. The SMILES string of the molecule is Cc1ccc2ncnc(N(C)CC(=O)N3CCOCC3)c2c1. The van der Waals surface area contributed by atoms with E-state index in [9.17, 15) is 4.79 Å². The van der Waals surface area contributed by atoms with Gasteiger partial charge in [0, 0.05) is 25.5 Å². The molecule has 0 atom stereocenters. The van der Waals surface area contributed by atoms with E-state index in [1.165, 1.54) is 0 Å². The minimum Gasteiger partial charge on any atom is -0.378 e. The van der Waals surface area contributed by atoms with Gasteiger partial charge in [-0.1, -0.05) is 11.6 Å². The summed E-state index contributed by atoms with van der Waals surface area (Å²) in [7, 11) is 1.89. The van der Waals surface area contributed by atoms with E-state index in [1.54, 1.807) is 6.33 Å². The van der Waals surface area contributed by atoms with Gasteiger partial charge in [-0.05, 0) is 19.1 Å². The molecule has 0 N–H and O–H groups in total. The quantitative estimate of drug-likeness (QED) is 0.853. The smallest absolute Gasteiger partial charge is 0.242 e. The van der Waals surface area contributed by atoms with Crippen molar-refractivity contribution in [2.75, 3.05) is 44.8 Å². The number of anilines is 1. The van der Waals surface area contributed by atoms with Gasteiger partial charge >= 0.3 is 0 Å². The number of nitrogens with zero attached hydrogens (tertiary/aromatic N) is 4. The number of hydrogen-bond acceptors (Lipinski definition) is 5. The van der Waals surface area contributed by atoms with Crippen LogP contribution in [0.15, 0.2) is 24.5 Å². The molecule has 2 aromatic rings. The molecule has 0 saturated carbocycles. The fourth-order valence-electron chi connectivity index (χ4n) is 2.65. The van der Waals surface area contributed by atoms with Gasteiger partial charge in [-0.2, -0.15) is 0 Å². The van der Waals surface area contributed by atoms with Gasteiger partial charge in [-0.25, -0.2) is 9.97 Å². The predicted molar refractivity (Wildman–Crippen MR) is 84.9 cm³/mol. The molecular formula is C16H20N4O2. The molecular weight excluding hydrogens is 280 g/mol. The van der Waals surface area contributed by atoms with Gasteiger partial charge in [-0.3, -0.25) is 4.79 Å². The summed E-state index contributed by atoms with van der Waals surface area (Å²) in [5.41, 5.74) is 2.04. The number of hydrogen-bond donors (Lipinski definition) is 0. The first-order valence-corrected chi connectivity index (χ1v) is 7.43. The molecule has 0 bridgehead atoms. The van der Waals surface area contributed by atoms with Crippen LogP contribution >= 0.6 is 0 Å². The number of morpholine rings is 1. The fourth-order valence-corrected chi connectivity index (χ4v) is 2.65. The predicted octanol–water partition coefficient (Wildman–Crippen LogP) is 1.23. The largest absolute Gasteiger partial charge is 0.378 e. The number of ether oxygens (including phenoxy) is 1. The van der Waals surface area contributed by atoms with Crippen molar-refractivity contribution in [2.45, 2.75) is 6.92 Å². The highest BCUT2D eigenvalue weighted by molar-refractivity contribution is 5.91. The van der Waals surface area contributed by atoms with Crippen molar-refractivity contribution >= 4 is 22.6 Å². The summed E-state index contributed by atoms with van der Waals surface area (Å²) in [5.74, 6) is 0.889. The van der Waals surface area contributed by atoms with Crippen LogP contribution in [0.1, 0.15) is 5.56 Å². The van der Waals surface area contributed by atoms with Crippen molar-refractivity contribution in [3.8, 4) is 0 Å². The number of aryl methyl sites for hydroxylation is 1. The monoisotopic (exact) mass is 300 g/mol. The van der Waals surface area contributed by atoms with Crippen LogP contribution in [0.3, 0.4) is 0 Å². The van der Waals surface area contributed by atoms with Crippen molar-refractivity contribution in [1.82, 2.24) is 14.9 Å². The summed E-state index contributed by atoms with van der Waals surface area (Å²) in [6.45, 7) is 4.90. The zero-order chi connectivity index (χ0) is 15.5. The Morgan fingerprint density at radius 2 is 2.09 bits per heavy atom. The summed E-state index contributed by atoms with van der Waals surface area (Å²) in [6.07, 6.45) is 1.54. The molecule has 6 nitrogen and oxygen atoms in total. The van der Waals surface area contributed by atoms with Crippen molar-refractivity contribution < 1.29 is 9.53 Å². The molecule has 1 amide bonds. The van der Waals surface area contributed by atoms with Crippen LogP contribution in [0.4, 0.5) is 5.82 Å². The minimum absolute atomic E-state index is 0.102. The van der Waals surface area contributed by atoms with Crippen LogP contribution in [-0.4, -0.2) is 60.7 Å². The van der Waals surface area contributed by atoms with E-state index in [0.717, 1.165) is 22.3 Å². The summed E-state index contributed by atoms with van der Waals surface area (Å²) in [6, 6.07) is 6.06. The molecule has 2 heterocycles. The van der Waals surface area contributed by atoms with E-state index < -0.39 is 0 Å². The van der Waals surface area contributed by atoms with Gasteiger partial charge in [0.15, 0.2) is 0 Å². The zero-order valence-corrected chi connectivity index (χ0v) is 13.0. The van der Waals surface area contributed by atoms with Gasteiger partial charge in [-0.15, -0.1) is 0 Å². The van der Waals surface area contributed by atoms with Gasteiger partial charge in [0.05, 0.1) is 25.3 Å². The van der Waals surface area contributed by atoms with Crippen molar-refractivity contribution in [1.29, 1.82) is 0 Å². The van der Waals surface area contributed by atoms with Crippen molar-refractivity contribution in [3.63, 3.8) is 0 Å². The Hall–Kier alpha value is -2.21. The molecule has 0 unspecified atom stereocenters. The van der Waals surface area contributed by atoms with Crippen LogP contribution in [0.25, 0.3) is 10.9 Å². The number of aromatic nitrogens is 2. The first-order chi connectivity index (χ1) is 10.6. The maximum atomic E-state index is 12.4. The standard InChI is InChI=1S/C16H20N4O2/c1-12-3-4-14-13(9-12)16(18-11-17-14)19(2)10-15(21)20-5-7-22-8-6-20/h3-4,9,11H,5-8,10H2,1-2H3. The highest BCUT2D eigenvalue weighted by Gasteiger charge is 2.19. The average molecular weight is 300 g/mol. The number of benzene rings is 1. The van der Waals surface area contributed by atoms with Crippen molar-refractivity contribution in [3.05, 3.63) is 30.1 Å². The van der Waals surface area contributed by atoms with Gasteiger partial charge < -0.3 is 14.5 Å². The Labute approximate surface area is 129 Å². The van der Waals surface area contributed by atoms with Crippen LogP contribution in [0.2, 0.25) is 0 Å². The van der Waals surface area contributed by atoms with E-state index in [1.807, 2.05) is 35.9 Å². The molecule has 22 heavy (non-hydrogen) atoms. The molecule has 1 aliphatic rings. The zero-order valence-electron chi connectivity index (χ0n) is 13.0. The number of rotatable bonds is 3. The van der Waals surface area contributed by atoms with Gasteiger partial charge in [0.1, 0.15) is 12.1 Å². The van der Waals surface area contributed by atoms with Crippen LogP contribution in [0, 0.1) is 6.92 Å². The number of amides is 1. The Morgan fingerprint density at radius 1 is 1.32 bits per heavy atom. The molecule has 1 saturated heterocycles. The van der Waals surface area contributed by atoms with E-state index >= 15 is 0 Å². The van der Waals surface area contributed by atoms with Crippen LogP contribution in [-0.2, 0) is 9.53 Å². The Bertz CT molecular complexity index is 683. The lowest BCUT2D eigenvalue weighted by Crippen LogP contribution is -2.45. The maximum Gasteiger partial charge on any atom is 0.242 e. The molecule has 116 valence electrons. The molecule has 1 aliphatic heterocycles. The average Bonchev–Trinajstić information content (AvgIpc) is 2.55. The number of carbonyl (C=O) groups is 1.